The SMILES string of the molecule is CCN(CC)c1ccc(Nc2cnnc(N(C)c3ccccc3)n2)c(C)c1. The van der Waals surface area contributed by atoms with Crippen molar-refractivity contribution in [2.75, 3.05) is 35.3 Å². The number of para-hydroxylation sites is 1. The summed E-state index contributed by atoms with van der Waals surface area (Å²) in [6.07, 6.45) is 1.64. The molecule has 0 unspecified atom stereocenters. The highest BCUT2D eigenvalue weighted by Gasteiger charge is 2.10. The first kappa shape index (κ1) is 18.6. The molecule has 140 valence electrons. The van der Waals surface area contributed by atoms with E-state index in [1.807, 2.05) is 42.3 Å². The molecule has 2 aromatic carbocycles. The number of benzene rings is 2. The second kappa shape index (κ2) is 8.49. The van der Waals surface area contributed by atoms with Gasteiger partial charge < -0.3 is 15.1 Å². The van der Waals surface area contributed by atoms with Crippen LogP contribution in [0.4, 0.5) is 28.8 Å². The van der Waals surface area contributed by atoms with Crippen LogP contribution in [0, 0.1) is 6.92 Å². The zero-order valence-corrected chi connectivity index (χ0v) is 16.3. The van der Waals surface area contributed by atoms with E-state index in [0.717, 1.165) is 30.0 Å². The summed E-state index contributed by atoms with van der Waals surface area (Å²) < 4.78 is 0. The number of anilines is 5. The maximum atomic E-state index is 4.61. The van der Waals surface area contributed by atoms with E-state index < -0.39 is 0 Å². The summed E-state index contributed by atoms with van der Waals surface area (Å²) >= 11 is 0. The Balaban J connectivity index is 1.80. The number of nitrogens with one attached hydrogen (secondary N) is 1. The molecule has 0 saturated carbocycles. The molecule has 0 bridgehead atoms. The number of rotatable bonds is 7. The third kappa shape index (κ3) is 4.34. The van der Waals surface area contributed by atoms with Crippen molar-refractivity contribution in [3.63, 3.8) is 0 Å². The van der Waals surface area contributed by atoms with Crippen molar-refractivity contribution in [2.45, 2.75) is 20.8 Å². The highest BCUT2D eigenvalue weighted by atomic mass is 15.3. The highest BCUT2D eigenvalue weighted by molar-refractivity contribution is 5.66. The molecule has 1 heterocycles. The minimum atomic E-state index is 0.545. The molecule has 0 aliphatic heterocycles. The van der Waals surface area contributed by atoms with Crippen LogP contribution in [0.2, 0.25) is 0 Å². The molecular formula is C21H26N6. The highest BCUT2D eigenvalue weighted by Crippen LogP contribution is 2.26. The molecule has 0 radical (unpaired) electrons. The molecule has 0 saturated heterocycles. The second-order valence-corrected chi connectivity index (χ2v) is 6.33. The molecule has 3 rings (SSSR count). The summed E-state index contributed by atoms with van der Waals surface area (Å²) in [4.78, 5) is 8.85. The van der Waals surface area contributed by atoms with E-state index in [9.17, 15) is 0 Å². The second-order valence-electron chi connectivity index (χ2n) is 6.33. The van der Waals surface area contributed by atoms with Gasteiger partial charge in [-0.15, -0.1) is 5.10 Å². The Morgan fingerprint density at radius 2 is 1.70 bits per heavy atom. The lowest BCUT2D eigenvalue weighted by molar-refractivity contribution is 0.865. The van der Waals surface area contributed by atoms with Gasteiger partial charge in [-0.05, 0) is 56.7 Å². The van der Waals surface area contributed by atoms with Crippen LogP contribution < -0.4 is 15.1 Å². The third-order valence-electron chi connectivity index (χ3n) is 4.59. The first-order valence-corrected chi connectivity index (χ1v) is 9.23. The number of aryl methyl sites for hydroxylation is 1. The van der Waals surface area contributed by atoms with Crippen LogP contribution in [0.25, 0.3) is 0 Å². The van der Waals surface area contributed by atoms with Crippen molar-refractivity contribution in [3.05, 3.63) is 60.3 Å². The molecule has 0 atom stereocenters. The molecule has 0 spiro atoms. The summed E-state index contributed by atoms with van der Waals surface area (Å²) in [6, 6.07) is 16.4. The van der Waals surface area contributed by atoms with Gasteiger partial charge in [0.05, 0.1) is 6.20 Å². The van der Waals surface area contributed by atoms with E-state index in [4.69, 9.17) is 0 Å². The van der Waals surface area contributed by atoms with Crippen LogP contribution in [0.5, 0.6) is 0 Å². The lowest BCUT2D eigenvalue weighted by Crippen LogP contribution is -2.21. The largest absolute Gasteiger partial charge is 0.372 e. The van der Waals surface area contributed by atoms with Gasteiger partial charge in [-0.25, -0.2) is 0 Å². The van der Waals surface area contributed by atoms with Crippen molar-refractivity contribution in [2.24, 2.45) is 0 Å². The molecular weight excluding hydrogens is 336 g/mol. The summed E-state index contributed by atoms with van der Waals surface area (Å²) in [5.41, 5.74) is 4.42. The molecule has 0 fully saturated rings. The predicted octanol–water partition coefficient (Wildman–Crippen LogP) is 4.54. The minimum Gasteiger partial charge on any atom is -0.372 e. The fraction of sp³-hybridized carbons (Fsp3) is 0.286. The molecule has 6 heteroatoms. The van der Waals surface area contributed by atoms with Gasteiger partial charge in [-0.1, -0.05) is 18.2 Å². The molecule has 6 nitrogen and oxygen atoms in total. The molecule has 27 heavy (non-hydrogen) atoms. The van der Waals surface area contributed by atoms with Gasteiger partial charge in [0.15, 0.2) is 5.82 Å². The van der Waals surface area contributed by atoms with Crippen LogP contribution in [0.15, 0.2) is 54.7 Å². The van der Waals surface area contributed by atoms with Crippen LogP contribution in [-0.4, -0.2) is 35.3 Å². The topological polar surface area (TPSA) is 57.2 Å². The predicted molar refractivity (Wildman–Crippen MR) is 112 cm³/mol. The van der Waals surface area contributed by atoms with E-state index >= 15 is 0 Å². The van der Waals surface area contributed by atoms with Gasteiger partial charge >= 0.3 is 0 Å². The Bertz CT molecular complexity index is 877. The summed E-state index contributed by atoms with van der Waals surface area (Å²) in [7, 11) is 1.93. The van der Waals surface area contributed by atoms with Crippen LogP contribution in [0.1, 0.15) is 19.4 Å². The Morgan fingerprint density at radius 3 is 2.37 bits per heavy atom. The van der Waals surface area contributed by atoms with Gasteiger partial charge in [-0.3, -0.25) is 0 Å². The molecule has 3 aromatic rings. The van der Waals surface area contributed by atoms with Crippen molar-refractivity contribution in [3.8, 4) is 0 Å². The van der Waals surface area contributed by atoms with Crippen molar-refractivity contribution in [1.29, 1.82) is 0 Å². The molecule has 1 N–H and O–H groups in total. The molecule has 0 aliphatic carbocycles. The van der Waals surface area contributed by atoms with E-state index in [0.29, 0.717) is 11.8 Å². The Morgan fingerprint density at radius 1 is 0.963 bits per heavy atom. The van der Waals surface area contributed by atoms with E-state index in [1.165, 1.54) is 5.69 Å². The smallest absolute Gasteiger partial charge is 0.251 e. The minimum absolute atomic E-state index is 0.545. The Kier molecular flexibility index (Phi) is 5.86. The maximum absolute atomic E-state index is 4.61. The monoisotopic (exact) mass is 362 g/mol. The van der Waals surface area contributed by atoms with E-state index in [2.05, 4.69) is 64.4 Å². The molecule has 0 aliphatic rings. The van der Waals surface area contributed by atoms with Gasteiger partial charge in [0.2, 0.25) is 0 Å². The average Bonchev–Trinajstić information content (AvgIpc) is 2.71. The number of hydrogen-bond donors (Lipinski definition) is 1. The number of nitrogens with zero attached hydrogens (tertiary/aromatic N) is 5. The fourth-order valence-electron chi connectivity index (χ4n) is 2.98. The zero-order chi connectivity index (χ0) is 19.2. The van der Waals surface area contributed by atoms with Gasteiger partial charge in [0.1, 0.15) is 0 Å². The molecule has 1 aromatic heterocycles. The van der Waals surface area contributed by atoms with Crippen molar-refractivity contribution in [1.82, 2.24) is 15.2 Å². The Labute approximate surface area is 160 Å². The summed E-state index contributed by atoms with van der Waals surface area (Å²) in [5, 5.41) is 11.6. The van der Waals surface area contributed by atoms with E-state index in [1.54, 1.807) is 6.20 Å². The normalized spacial score (nSPS) is 10.5. The van der Waals surface area contributed by atoms with Crippen molar-refractivity contribution >= 4 is 28.8 Å². The lowest BCUT2D eigenvalue weighted by atomic mass is 10.1. The summed E-state index contributed by atoms with van der Waals surface area (Å²) in [6.45, 7) is 8.42. The van der Waals surface area contributed by atoms with Crippen molar-refractivity contribution < 1.29 is 0 Å². The van der Waals surface area contributed by atoms with Gasteiger partial charge in [0, 0.05) is 37.2 Å². The van der Waals surface area contributed by atoms with Crippen LogP contribution in [-0.2, 0) is 0 Å². The zero-order valence-electron chi connectivity index (χ0n) is 16.3. The Hall–Kier alpha value is -3.15. The molecule has 0 amide bonds. The quantitative estimate of drug-likeness (QED) is 0.666. The number of hydrogen-bond acceptors (Lipinski definition) is 6. The third-order valence-corrected chi connectivity index (χ3v) is 4.59. The first-order chi connectivity index (χ1) is 13.1. The first-order valence-electron chi connectivity index (χ1n) is 9.23. The van der Waals surface area contributed by atoms with Crippen LogP contribution in [0.3, 0.4) is 0 Å². The lowest BCUT2D eigenvalue weighted by Gasteiger charge is -2.22. The maximum Gasteiger partial charge on any atom is 0.251 e. The van der Waals surface area contributed by atoms with Crippen LogP contribution >= 0.6 is 0 Å². The number of aromatic nitrogens is 3. The van der Waals surface area contributed by atoms with E-state index in [-0.39, 0.29) is 0 Å². The van der Waals surface area contributed by atoms with Gasteiger partial charge in [0.25, 0.3) is 5.95 Å². The standard InChI is InChI=1S/C21H26N6/c1-5-27(6-2)18-12-13-19(16(3)14-18)23-20-15-22-25-21(24-20)26(4)17-10-8-7-9-11-17/h7-15H,5-6H2,1-4H3,(H,23,24,25). The van der Waals surface area contributed by atoms with Gasteiger partial charge in [-0.2, -0.15) is 10.1 Å². The fourth-order valence-corrected chi connectivity index (χ4v) is 2.98. The average molecular weight is 362 g/mol. The summed E-state index contributed by atoms with van der Waals surface area (Å²) in [5.74, 6) is 1.21.